The van der Waals surface area contributed by atoms with E-state index in [1.165, 1.54) is 6.92 Å². The van der Waals surface area contributed by atoms with Crippen LogP contribution < -0.4 is 0 Å². The van der Waals surface area contributed by atoms with Crippen LogP contribution in [0.1, 0.15) is 124 Å². The van der Waals surface area contributed by atoms with E-state index in [9.17, 15) is 19.8 Å². The van der Waals surface area contributed by atoms with E-state index in [-0.39, 0.29) is 47.8 Å². The molecule has 0 aliphatic rings. The fourth-order valence-electron chi connectivity index (χ4n) is 5.15. The summed E-state index contributed by atoms with van der Waals surface area (Å²) >= 11 is 0. The standard InChI is InChI=1S/C34H64O7/c1-22(2)27(37)40-21-24(36)20-39-25(30(7,8)9)19-31(10,11)33(14,15)28(38)34(16,17)32(12,13)26(41-23(3)35)18-29(4,5)6/h24-26,28,36,38H,1,18-21H2,2-17H3. The van der Waals surface area contributed by atoms with Crippen LogP contribution >= 0.6 is 0 Å². The summed E-state index contributed by atoms with van der Waals surface area (Å²) in [5, 5.41) is 22.6. The minimum atomic E-state index is -0.967. The van der Waals surface area contributed by atoms with Crippen LogP contribution in [0.5, 0.6) is 0 Å². The van der Waals surface area contributed by atoms with Crippen molar-refractivity contribution in [2.45, 2.75) is 148 Å². The summed E-state index contributed by atoms with van der Waals surface area (Å²) in [7, 11) is 0. The van der Waals surface area contributed by atoms with Crippen LogP contribution in [-0.2, 0) is 23.8 Å². The molecule has 0 aliphatic heterocycles. The highest BCUT2D eigenvalue weighted by atomic mass is 16.6. The summed E-state index contributed by atoms with van der Waals surface area (Å²) in [4.78, 5) is 23.8. The first-order valence-corrected chi connectivity index (χ1v) is 15.0. The molecule has 242 valence electrons. The molecule has 0 spiro atoms. The van der Waals surface area contributed by atoms with Gasteiger partial charge in [-0.05, 0) is 46.8 Å². The van der Waals surface area contributed by atoms with Gasteiger partial charge >= 0.3 is 11.9 Å². The lowest BCUT2D eigenvalue weighted by atomic mass is 9.50. The molecule has 0 aliphatic carbocycles. The van der Waals surface area contributed by atoms with E-state index in [1.807, 2.05) is 0 Å². The number of rotatable bonds is 15. The Morgan fingerprint density at radius 3 is 1.59 bits per heavy atom. The predicted molar refractivity (Wildman–Crippen MR) is 166 cm³/mol. The Hall–Kier alpha value is -1.44. The maximum atomic E-state index is 12.2. The Bertz CT molecular complexity index is 884. The van der Waals surface area contributed by atoms with Gasteiger partial charge in [-0.25, -0.2) is 4.79 Å². The Morgan fingerprint density at radius 1 is 0.707 bits per heavy atom. The molecular formula is C34H64O7. The molecule has 0 saturated carbocycles. The average Bonchev–Trinajstić information content (AvgIpc) is 2.76. The number of carbonyl (C=O) groups is 2. The third-order valence-electron chi connectivity index (χ3n) is 9.59. The molecule has 7 heteroatoms. The van der Waals surface area contributed by atoms with E-state index in [0.29, 0.717) is 12.8 Å². The number of aliphatic hydroxyl groups excluding tert-OH is 2. The summed E-state index contributed by atoms with van der Waals surface area (Å²) in [6.45, 7) is 35.8. The lowest BCUT2D eigenvalue weighted by Crippen LogP contribution is -2.58. The molecule has 0 fully saturated rings. The molecule has 41 heavy (non-hydrogen) atoms. The van der Waals surface area contributed by atoms with Crippen molar-refractivity contribution in [3.63, 3.8) is 0 Å². The van der Waals surface area contributed by atoms with Crippen molar-refractivity contribution in [2.24, 2.45) is 32.5 Å². The van der Waals surface area contributed by atoms with E-state index in [2.05, 4.69) is 104 Å². The van der Waals surface area contributed by atoms with Gasteiger partial charge < -0.3 is 24.4 Å². The Labute approximate surface area is 251 Å². The first-order valence-electron chi connectivity index (χ1n) is 15.0. The van der Waals surface area contributed by atoms with Gasteiger partial charge in [0.15, 0.2) is 0 Å². The van der Waals surface area contributed by atoms with Gasteiger partial charge in [0, 0.05) is 17.9 Å². The van der Waals surface area contributed by atoms with Crippen LogP contribution in [0.2, 0.25) is 0 Å². The summed E-state index contributed by atoms with van der Waals surface area (Å²) in [5.41, 5.74) is -2.23. The van der Waals surface area contributed by atoms with E-state index < -0.39 is 39.8 Å². The molecule has 0 rings (SSSR count). The monoisotopic (exact) mass is 584 g/mol. The zero-order valence-corrected chi connectivity index (χ0v) is 29.3. The van der Waals surface area contributed by atoms with E-state index >= 15 is 0 Å². The van der Waals surface area contributed by atoms with Gasteiger partial charge in [0.25, 0.3) is 0 Å². The molecule has 0 aromatic carbocycles. The van der Waals surface area contributed by atoms with Gasteiger partial charge in [-0.3, -0.25) is 4.79 Å². The van der Waals surface area contributed by atoms with Crippen molar-refractivity contribution in [1.82, 2.24) is 0 Å². The predicted octanol–water partition coefficient (Wildman–Crippen LogP) is 7.12. The fourth-order valence-corrected chi connectivity index (χ4v) is 5.15. The normalized spacial score (nSPS) is 16.9. The third-order valence-corrected chi connectivity index (χ3v) is 9.59. The molecular weight excluding hydrogens is 520 g/mol. The SMILES string of the molecule is C=C(C)C(=O)OCC(O)COC(CC(C)(C)C(C)(C)C(O)C(C)(C)C(C)(C)C(CC(C)(C)C)OC(C)=O)C(C)(C)C. The summed E-state index contributed by atoms with van der Waals surface area (Å²) in [6.07, 6.45) is -1.07. The van der Waals surface area contributed by atoms with Crippen LogP contribution in [0.3, 0.4) is 0 Å². The number of hydrogen-bond donors (Lipinski definition) is 2. The zero-order valence-electron chi connectivity index (χ0n) is 29.3. The van der Waals surface area contributed by atoms with Crippen molar-refractivity contribution in [1.29, 1.82) is 0 Å². The van der Waals surface area contributed by atoms with Crippen molar-refractivity contribution in [3.05, 3.63) is 12.2 Å². The fraction of sp³-hybridized carbons (Fsp3) is 0.882. The van der Waals surface area contributed by atoms with Gasteiger partial charge in [-0.1, -0.05) is 104 Å². The van der Waals surface area contributed by atoms with E-state index in [0.717, 1.165) is 0 Å². The highest BCUT2D eigenvalue weighted by Gasteiger charge is 2.57. The smallest absolute Gasteiger partial charge is 0.333 e. The second-order valence-corrected chi connectivity index (χ2v) is 16.7. The number of aliphatic hydroxyl groups is 2. The largest absolute Gasteiger partial charge is 0.462 e. The molecule has 7 nitrogen and oxygen atoms in total. The van der Waals surface area contributed by atoms with E-state index in [1.54, 1.807) is 6.92 Å². The van der Waals surface area contributed by atoms with Gasteiger partial charge in [0.05, 0.1) is 18.8 Å². The van der Waals surface area contributed by atoms with Crippen molar-refractivity contribution in [2.75, 3.05) is 13.2 Å². The van der Waals surface area contributed by atoms with E-state index in [4.69, 9.17) is 14.2 Å². The Morgan fingerprint density at radius 2 is 1.20 bits per heavy atom. The number of hydrogen-bond acceptors (Lipinski definition) is 7. The number of ether oxygens (including phenoxy) is 3. The molecule has 0 aromatic rings. The quantitative estimate of drug-likeness (QED) is 0.156. The van der Waals surface area contributed by atoms with Crippen LogP contribution in [0.25, 0.3) is 0 Å². The first-order chi connectivity index (χ1) is 18.0. The summed E-state index contributed by atoms with van der Waals surface area (Å²) in [5.74, 6) is -0.865. The maximum absolute atomic E-state index is 12.2. The van der Waals surface area contributed by atoms with Crippen LogP contribution in [0, 0.1) is 32.5 Å². The van der Waals surface area contributed by atoms with Crippen molar-refractivity contribution in [3.8, 4) is 0 Å². The molecule has 4 atom stereocenters. The molecule has 0 radical (unpaired) electrons. The van der Waals surface area contributed by atoms with Gasteiger partial charge in [0.1, 0.15) is 18.8 Å². The van der Waals surface area contributed by atoms with Crippen molar-refractivity contribution >= 4 is 11.9 Å². The van der Waals surface area contributed by atoms with Gasteiger partial charge in [0.2, 0.25) is 0 Å². The molecule has 0 aromatic heterocycles. The third kappa shape index (κ3) is 11.0. The lowest BCUT2D eigenvalue weighted by Gasteiger charge is -2.57. The average molecular weight is 585 g/mol. The maximum Gasteiger partial charge on any atom is 0.333 e. The number of esters is 2. The highest BCUT2D eigenvalue weighted by molar-refractivity contribution is 5.86. The molecule has 2 N–H and O–H groups in total. The summed E-state index contributed by atoms with van der Waals surface area (Å²) in [6, 6.07) is 0. The Balaban J connectivity index is 6.07. The molecule has 0 heterocycles. The minimum absolute atomic E-state index is 0.0138. The zero-order chi connectivity index (χ0) is 33.0. The minimum Gasteiger partial charge on any atom is -0.462 e. The van der Waals surface area contributed by atoms with Crippen molar-refractivity contribution < 1.29 is 34.0 Å². The van der Waals surface area contributed by atoms with Crippen LogP contribution in [0.15, 0.2) is 12.2 Å². The topological polar surface area (TPSA) is 102 Å². The second kappa shape index (κ2) is 13.9. The Kier molecular flexibility index (Phi) is 13.4. The second-order valence-electron chi connectivity index (χ2n) is 16.7. The lowest BCUT2D eigenvalue weighted by molar-refractivity contribution is -0.192. The first kappa shape index (κ1) is 39.6. The molecule has 0 amide bonds. The molecule has 0 saturated heterocycles. The van der Waals surface area contributed by atoms with Gasteiger partial charge in [-0.2, -0.15) is 0 Å². The van der Waals surface area contributed by atoms with Gasteiger partial charge in [-0.15, -0.1) is 0 Å². The molecule has 0 bridgehead atoms. The summed E-state index contributed by atoms with van der Waals surface area (Å²) < 4.78 is 17.2. The van der Waals surface area contributed by atoms with Crippen LogP contribution in [-0.4, -0.2) is 59.8 Å². The molecule has 4 unspecified atom stereocenters. The highest BCUT2D eigenvalue weighted by Crippen LogP contribution is 2.57. The number of carbonyl (C=O) groups excluding carboxylic acids is 2. The van der Waals surface area contributed by atoms with Crippen LogP contribution in [0.4, 0.5) is 0 Å².